The summed E-state index contributed by atoms with van der Waals surface area (Å²) in [7, 11) is 0. The van der Waals surface area contributed by atoms with Crippen LogP contribution >= 0.6 is 0 Å². The Morgan fingerprint density at radius 1 is 1.32 bits per heavy atom. The summed E-state index contributed by atoms with van der Waals surface area (Å²) in [6.07, 6.45) is 2.86. The summed E-state index contributed by atoms with van der Waals surface area (Å²) in [5, 5.41) is 0. The molecule has 1 atom stereocenters. The number of nitrogens with zero attached hydrogens (tertiary/aromatic N) is 1. The Morgan fingerprint density at radius 2 is 1.95 bits per heavy atom. The second-order valence-electron chi connectivity index (χ2n) is 5.81. The second-order valence-corrected chi connectivity index (χ2v) is 5.81. The Morgan fingerprint density at radius 3 is 2.47 bits per heavy atom. The van der Waals surface area contributed by atoms with Crippen LogP contribution in [0, 0.1) is 5.92 Å². The Balaban J connectivity index is 1.96. The summed E-state index contributed by atoms with van der Waals surface area (Å²) >= 11 is 0. The van der Waals surface area contributed by atoms with E-state index >= 15 is 0 Å². The van der Waals surface area contributed by atoms with Gasteiger partial charge in [0.1, 0.15) is 0 Å². The highest BCUT2D eigenvalue weighted by atomic mass is 16.2. The second kappa shape index (κ2) is 6.20. The smallest absolute Gasteiger partial charge is 0.224 e. The molecule has 1 saturated carbocycles. The Hall–Kier alpha value is -1.35. The van der Waals surface area contributed by atoms with Crippen molar-refractivity contribution >= 4 is 5.91 Å². The first-order valence-electron chi connectivity index (χ1n) is 7.17. The molecule has 1 unspecified atom stereocenters. The van der Waals surface area contributed by atoms with Gasteiger partial charge < -0.3 is 10.6 Å². The molecule has 2 N–H and O–H groups in total. The van der Waals surface area contributed by atoms with Crippen molar-refractivity contribution in [3.63, 3.8) is 0 Å². The van der Waals surface area contributed by atoms with Gasteiger partial charge in [-0.2, -0.15) is 0 Å². The third kappa shape index (κ3) is 4.06. The molecule has 3 nitrogen and oxygen atoms in total. The summed E-state index contributed by atoms with van der Waals surface area (Å²) in [5.41, 5.74) is 7.23. The van der Waals surface area contributed by atoms with Gasteiger partial charge in [0, 0.05) is 25.0 Å². The number of nitrogens with two attached hydrogens (primary N) is 1. The van der Waals surface area contributed by atoms with Crippen LogP contribution in [-0.2, 0) is 11.3 Å². The lowest BCUT2D eigenvalue weighted by Crippen LogP contribution is -2.40. The van der Waals surface area contributed by atoms with E-state index in [1.54, 1.807) is 0 Å². The van der Waals surface area contributed by atoms with Gasteiger partial charge in [0.25, 0.3) is 0 Å². The molecule has 1 aromatic carbocycles. The van der Waals surface area contributed by atoms with Crippen molar-refractivity contribution in [2.75, 3.05) is 0 Å². The van der Waals surface area contributed by atoms with Crippen molar-refractivity contribution < 1.29 is 4.79 Å². The van der Waals surface area contributed by atoms with Crippen molar-refractivity contribution in [1.29, 1.82) is 0 Å². The Labute approximate surface area is 115 Å². The summed E-state index contributed by atoms with van der Waals surface area (Å²) in [6.45, 7) is 4.79. The molecule has 1 fully saturated rings. The standard InChI is InChI=1S/C16H24N2O/c1-12(2)18(11-13-6-4-3-5-7-13)16(19)10-15(17)14-8-9-14/h3-7,12,14-15H,8-11,17H2,1-2H3. The molecule has 104 valence electrons. The lowest BCUT2D eigenvalue weighted by molar-refractivity contribution is -0.134. The minimum atomic E-state index is 0.0459. The minimum absolute atomic E-state index is 0.0459. The van der Waals surface area contributed by atoms with Gasteiger partial charge in [-0.1, -0.05) is 30.3 Å². The first-order chi connectivity index (χ1) is 9.08. The van der Waals surface area contributed by atoms with Gasteiger partial charge >= 0.3 is 0 Å². The summed E-state index contributed by atoms with van der Waals surface area (Å²) < 4.78 is 0. The fraction of sp³-hybridized carbons (Fsp3) is 0.562. The van der Waals surface area contributed by atoms with Crippen molar-refractivity contribution in [2.24, 2.45) is 11.7 Å². The molecule has 0 bridgehead atoms. The van der Waals surface area contributed by atoms with Crippen LogP contribution in [-0.4, -0.2) is 22.9 Å². The maximum Gasteiger partial charge on any atom is 0.224 e. The van der Waals surface area contributed by atoms with E-state index in [1.807, 2.05) is 23.1 Å². The molecule has 1 aliphatic carbocycles. The zero-order valence-electron chi connectivity index (χ0n) is 11.9. The average Bonchev–Trinajstić information content (AvgIpc) is 3.20. The number of hydrogen-bond acceptors (Lipinski definition) is 2. The molecule has 2 rings (SSSR count). The Kier molecular flexibility index (Phi) is 4.59. The monoisotopic (exact) mass is 260 g/mol. The molecule has 0 spiro atoms. The molecular weight excluding hydrogens is 236 g/mol. The van der Waals surface area contributed by atoms with E-state index in [2.05, 4.69) is 26.0 Å². The number of hydrogen-bond donors (Lipinski definition) is 1. The van der Waals surface area contributed by atoms with Gasteiger partial charge in [0.15, 0.2) is 0 Å². The molecule has 1 aromatic rings. The molecule has 0 aromatic heterocycles. The van der Waals surface area contributed by atoms with Crippen LogP contribution < -0.4 is 5.73 Å². The van der Waals surface area contributed by atoms with Gasteiger partial charge in [-0.15, -0.1) is 0 Å². The topological polar surface area (TPSA) is 46.3 Å². The lowest BCUT2D eigenvalue weighted by Gasteiger charge is -2.28. The molecule has 19 heavy (non-hydrogen) atoms. The largest absolute Gasteiger partial charge is 0.336 e. The summed E-state index contributed by atoms with van der Waals surface area (Å²) in [6, 6.07) is 10.4. The molecule has 0 aliphatic heterocycles. The van der Waals surface area contributed by atoms with Crippen LogP contribution in [0.5, 0.6) is 0 Å². The van der Waals surface area contributed by atoms with Gasteiger partial charge in [0.2, 0.25) is 5.91 Å². The maximum absolute atomic E-state index is 12.4. The zero-order chi connectivity index (χ0) is 13.8. The number of carbonyl (C=O) groups is 1. The number of amides is 1. The average molecular weight is 260 g/mol. The highest BCUT2D eigenvalue weighted by Gasteiger charge is 2.31. The SMILES string of the molecule is CC(C)N(Cc1ccccc1)C(=O)CC(N)C1CC1. The van der Waals surface area contributed by atoms with Gasteiger partial charge in [-0.05, 0) is 38.2 Å². The van der Waals surface area contributed by atoms with Gasteiger partial charge in [-0.25, -0.2) is 0 Å². The Bertz CT molecular complexity index is 412. The van der Waals surface area contributed by atoms with Crippen molar-refractivity contribution in [3.8, 4) is 0 Å². The predicted molar refractivity (Wildman–Crippen MR) is 77.4 cm³/mol. The van der Waals surface area contributed by atoms with Crippen LogP contribution in [0.25, 0.3) is 0 Å². The normalized spacial score (nSPS) is 16.4. The van der Waals surface area contributed by atoms with Crippen molar-refractivity contribution in [1.82, 2.24) is 4.90 Å². The quantitative estimate of drug-likeness (QED) is 0.854. The van der Waals surface area contributed by atoms with Crippen LogP contribution in [0.15, 0.2) is 30.3 Å². The summed E-state index contributed by atoms with van der Waals surface area (Å²) in [4.78, 5) is 14.3. The molecular formula is C16H24N2O. The van der Waals surface area contributed by atoms with Crippen molar-refractivity contribution in [3.05, 3.63) is 35.9 Å². The fourth-order valence-corrected chi connectivity index (χ4v) is 2.35. The molecule has 1 amide bonds. The number of rotatable bonds is 6. The molecule has 0 radical (unpaired) electrons. The van der Waals surface area contributed by atoms with E-state index in [-0.39, 0.29) is 18.0 Å². The predicted octanol–water partition coefficient (Wildman–Crippen LogP) is 2.55. The number of carbonyl (C=O) groups excluding carboxylic acids is 1. The van der Waals surface area contributed by atoms with Crippen LogP contribution in [0.2, 0.25) is 0 Å². The van der Waals surface area contributed by atoms with Crippen LogP contribution in [0.1, 0.15) is 38.7 Å². The third-order valence-electron chi connectivity index (χ3n) is 3.78. The van der Waals surface area contributed by atoms with Crippen LogP contribution in [0.3, 0.4) is 0 Å². The van der Waals surface area contributed by atoms with E-state index in [1.165, 1.54) is 18.4 Å². The first kappa shape index (κ1) is 14.1. The maximum atomic E-state index is 12.4. The minimum Gasteiger partial charge on any atom is -0.336 e. The van der Waals surface area contributed by atoms with Gasteiger partial charge in [-0.3, -0.25) is 4.79 Å². The number of benzene rings is 1. The van der Waals surface area contributed by atoms with E-state index in [0.29, 0.717) is 18.9 Å². The van der Waals surface area contributed by atoms with E-state index < -0.39 is 0 Å². The molecule has 3 heteroatoms. The first-order valence-corrected chi connectivity index (χ1v) is 7.17. The van der Waals surface area contributed by atoms with Crippen LogP contribution in [0.4, 0.5) is 0 Å². The van der Waals surface area contributed by atoms with E-state index in [9.17, 15) is 4.79 Å². The van der Waals surface area contributed by atoms with Crippen molar-refractivity contribution in [2.45, 2.75) is 51.7 Å². The molecule has 0 saturated heterocycles. The lowest BCUT2D eigenvalue weighted by atomic mass is 10.1. The van der Waals surface area contributed by atoms with E-state index in [0.717, 1.165) is 0 Å². The highest BCUT2D eigenvalue weighted by Crippen LogP contribution is 2.33. The highest BCUT2D eigenvalue weighted by molar-refractivity contribution is 5.77. The van der Waals surface area contributed by atoms with Gasteiger partial charge in [0.05, 0.1) is 0 Å². The molecule has 1 aliphatic rings. The third-order valence-corrected chi connectivity index (χ3v) is 3.78. The fourth-order valence-electron chi connectivity index (χ4n) is 2.35. The molecule has 0 heterocycles. The zero-order valence-corrected chi connectivity index (χ0v) is 11.9. The van der Waals surface area contributed by atoms with E-state index in [4.69, 9.17) is 5.73 Å². The summed E-state index contributed by atoms with van der Waals surface area (Å²) in [5.74, 6) is 0.757.